The zero-order valence-electron chi connectivity index (χ0n) is 13.7. The molecule has 0 aliphatic rings. The Bertz CT molecular complexity index is 485. The number of methoxy groups -OCH3 is 1. The number of aliphatic hydroxyl groups is 1. The van der Waals surface area contributed by atoms with E-state index in [2.05, 4.69) is 4.98 Å². The molecule has 0 radical (unpaired) electrons. The van der Waals surface area contributed by atoms with Crippen LogP contribution in [0.15, 0.2) is 6.33 Å². The molecule has 0 saturated heterocycles. The number of carbonyl (C=O) groups excluding carboxylic acids is 2. The van der Waals surface area contributed by atoms with Crippen molar-refractivity contribution in [3.63, 3.8) is 0 Å². The van der Waals surface area contributed by atoms with Crippen LogP contribution in [0.5, 0.6) is 0 Å². The number of nitrogen functional groups attached to an aromatic ring is 1. The van der Waals surface area contributed by atoms with Crippen LogP contribution >= 0.6 is 0 Å². The summed E-state index contributed by atoms with van der Waals surface area (Å²) in [6, 6.07) is -0.624. The number of nitrogens with two attached hydrogens (primary N) is 1. The quantitative estimate of drug-likeness (QED) is 0.779. The maximum absolute atomic E-state index is 11.8. The third-order valence-corrected chi connectivity index (χ3v) is 2.67. The van der Waals surface area contributed by atoms with Crippen LogP contribution in [0.4, 0.5) is 5.82 Å². The van der Waals surface area contributed by atoms with Crippen molar-refractivity contribution < 1.29 is 24.2 Å². The van der Waals surface area contributed by atoms with Gasteiger partial charge >= 0.3 is 11.9 Å². The van der Waals surface area contributed by atoms with Crippen molar-refractivity contribution in [1.29, 1.82) is 0 Å². The lowest BCUT2D eigenvalue weighted by molar-refractivity contribution is -0.145. The Morgan fingerprint density at radius 2 is 1.95 bits per heavy atom. The Kier molecular flexibility index (Phi) is 8.85. The minimum absolute atomic E-state index is 0.0106. The predicted molar refractivity (Wildman–Crippen MR) is 81.2 cm³/mol. The fraction of sp³-hybridized carbons (Fsp3) is 0.643. The van der Waals surface area contributed by atoms with Crippen molar-refractivity contribution >= 4 is 17.8 Å². The number of aromatic nitrogens is 2. The summed E-state index contributed by atoms with van der Waals surface area (Å²) in [5, 5.41) is 7.57. The Morgan fingerprint density at radius 1 is 1.41 bits per heavy atom. The van der Waals surface area contributed by atoms with E-state index in [0.29, 0.717) is 0 Å². The molecule has 0 aliphatic heterocycles. The highest BCUT2D eigenvalue weighted by Crippen LogP contribution is 2.24. The lowest BCUT2D eigenvalue weighted by Gasteiger charge is -2.20. The number of esters is 2. The zero-order valence-corrected chi connectivity index (χ0v) is 13.7. The van der Waals surface area contributed by atoms with Crippen LogP contribution in [-0.4, -0.2) is 46.9 Å². The number of ether oxygens (including phenoxy) is 2. The lowest BCUT2D eigenvalue weighted by Crippen LogP contribution is -2.26. The first-order valence-corrected chi connectivity index (χ1v) is 7.03. The van der Waals surface area contributed by atoms with E-state index in [4.69, 9.17) is 20.3 Å². The third kappa shape index (κ3) is 5.03. The third-order valence-electron chi connectivity index (χ3n) is 2.67. The van der Waals surface area contributed by atoms with Crippen molar-refractivity contribution in [2.24, 2.45) is 5.92 Å². The van der Waals surface area contributed by atoms with Crippen LogP contribution in [0.2, 0.25) is 0 Å². The monoisotopic (exact) mass is 315 g/mol. The van der Waals surface area contributed by atoms with Crippen LogP contribution < -0.4 is 5.73 Å². The summed E-state index contributed by atoms with van der Waals surface area (Å²) in [7, 11) is 1.30. The molecule has 1 heterocycles. The van der Waals surface area contributed by atoms with Crippen molar-refractivity contribution in [2.45, 2.75) is 33.7 Å². The first-order valence-electron chi connectivity index (χ1n) is 7.03. The predicted octanol–water partition coefficient (Wildman–Crippen LogP) is 1.01. The zero-order chi connectivity index (χ0) is 17.3. The molecule has 1 aromatic heterocycles. The van der Waals surface area contributed by atoms with Crippen molar-refractivity contribution in [3.8, 4) is 0 Å². The number of hydrogen-bond donors (Lipinski definition) is 2. The minimum Gasteiger partial charge on any atom is -0.467 e. The first kappa shape index (κ1) is 19.9. The molecule has 1 unspecified atom stereocenters. The molecular weight excluding hydrogens is 290 g/mol. The van der Waals surface area contributed by atoms with Crippen LogP contribution in [-0.2, 0) is 14.3 Å². The van der Waals surface area contributed by atoms with Gasteiger partial charge in [-0.15, -0.1) is 0 Å². The summed E-state index contributed by atoms with van der Waals surface area (Å²) in [5.41, 5.74) is 5.87. The second kappa shape index (κ2) is 9.78. The van der Waals surface area contributed by atoms with Crippen molar-refractivity contribution in [2.75, 3.05) is 26.1 Å². The van der Waals surface area contributed by atoms with Gasteiger partial charge in [-0.3, -0.25) is 0 Å². The van der Waals surface area contributed by atoms with Gasteiger partial charge in [-0.25, -0.2) is 14.6 Å². The van der Waals surface area contributed by atoms with Crippen LogP contribution in [0, 0.1) is 5.92 Å². The van der Waals surface area contributed by atoms with Gasteiger partial charge in [0, 0.05) is 6.61 Å². The van der Waals surface area contributed by atoms with Gasteiger partial charge in [0.2, 0.25) is 0 Å². The number of nitrogens with zero attached hydrogens (tertiary/aromatic N) is 2. The normalized spacial score (nSPS) is 11.4. The Balaban J connectivity index is 0.00000135. The van der Waals surface area contributed by atoms with E-state index in [1.165, 1.54) is 18.0 Å². The van der Waals surface area contributed by atoms with E-state index in [9.17, 15) is 9.59 Å². The van der Waals surface area contributed by atoms with Crippen molar-refractivity contribution in [1.82, 2.24) is 9.55 Å². The van der Waals surface area contributed by atoms with E-state index in [0.717, 1.165) is 0 Å². The number of anilines is 1. The maximum atomic E-state index is 11.8. The summed E-state index contributed by atoms with van der Waals surface area (Å²) >= 11 is 0. The van der Waals surface area contributed by atoms with Gasteiger partial charge in [0.25, 0.3) is 0 Å². The molecule has 1 aromatic rings. The number of hydrogen-bond acceptors (Lipinski definition) is 7. The number of imidazole rings is 1. The average molecular weight is 315 g/mol. The maximum Gasteiger partial charge on any atom is 0.360 e. The van der Waals surface area contributed by atoms with E-state index < -0.39 is 18.0 Å². The van der Waals surface area contributed by atoms with Gasteiger partial charge in [-0.05, 0) is 19.8 Å². The summed E-state index contributed by atoms with van der Waals surface area (Å²) in [6.07, 6.45) is 1.35. The molecule has 0 saturated carbocycles. The number of carbonyl (C=O) groups is 2. The van der Waals surface area contributed by atoms with E-state index >= 15 is 0 Å². The highest BCUT2D eigenvalue weighted by Gasteiger charge is 2.29. The van der Waals surface area contributed by atoms with Crippen molar-refractivity contribution in [3.05, 3.63) is 12.0 Å². The topological polar surface area (TPSA) is 117 Å². The molecule has 1 rings (SSSR count). The summed E-state index contributed by atoms with van der Waals surface area (Å²) < 4.78 is 11.0. The van der Waals surface area contributed by atoms with Gasteiger partial charge in [0.15, 0.2) is 5.69 Å². The molecule has 0 aliphatic carbocycles. The molecule has 8 heteroatoms. The molecular formula is C14H25N3O5. The number of rotatable bonds is 5. The largest absolute Gasteiger partial charge is 0.467 e. The molecule has 22 heavy (non-hydrogen) atoms. The highest BCUT2D eigenvalue weighted by atomic mass is 16.5. The molecule has 0 aromatic carbocycles. The van der Waals surface area contributed by atoms with Crippen LogP contribution in [0.1, 0.15) is 44.2 Å². The van der Waals surface area contributed by atoms with Gasteiger partial charge in [-0.2, -0.15) is 0 Å². The SMILES string of the molecule is CCO.CCOC(=O)c1ncn(C(C(=O)OC)C(C)C)c1N. The summed E-state index contributed by atoms with van der Waals surface area (Å²) in [5.74, 6) is -0.998. The molecule has 0 fully saturated rings. The molecule has 0 spiro atoms. The fourth-order valence-electron chi connectivity index (χ4n) is 1.78. The molecule has 0 amide bonds. The average Bonchev–Trinajstić information content (AvgIpc) is 2.81. The Morgan fingerprint density at radius 3 is 2.36 bits per heavy atom. The minimum atomic E-state index is -0.624. The fourth-order valence-corrected chi connectivity index (χ4v) is 1.78. The van der Waals surface area contributed by atoms with E-state index in [1.54, 1.807) is 13.8 Å². The molecule has 0 bridgehead atoms. The van der Waals surface area contributed by atoms with Gasteiger partial charge in [-0.1, -0.05) is 13.8 Å². The molecule has 126 valence electrons. The van der Waals surface area contributed by atoms with Crippen LogP contribution in [0.25, 0.3) is 0 Å². The smallest absolute Gasteiger partial charge is 0.360 e. The first-order chi connectivity index (χ1) is 10.3. The molecule has 3 N–H and O–H groups in total. The van der Waals surface area contributed by atoms with E-state index in [-0.39, 0.29) is 30.6 Å². The Hall–Kier alpha value is -2.09. The second-order valence-corrected chi connectivity index (χ2v) is 4.63. The molecule has 8 nitrogen and oxygen atoms in total. The van der Waals surface area contributed by atoms with E-state index in [1.807, 2.05) is 13.8 Å². The molecule has 1 atom stereocenters. The van der Waals surface area contributed by atoms with Gasteiger partial charge < -0.3 is 24.9 Å². The summed E-state index contributed by atoms with van der Waals surface area (Å²) in [6.45, 7) is 7.56. The van der Waals surface area contributed by atoms with Gasteiger partial charge in [0.05, 0.1) is 20.0 Å². The number of aliphatic hydroxyl groups excluding tert-OH is 1. The summed E-state index contributed by atoms with van der Waals surface area (Å²) in [4.78, 5) is 27.3. The highest BCUT2D eigenvalue weighted by molar-refractivity contribution is 5.92. The standard InChI is InChI=1S/C12H19N3O4.C2H6O/c1-5-19-11(16)8-10(13)15(6-14-8)9(7(2)3)12(17)18-4;1-2-3/h6-7,9H,5,13H2,1-4H3;3H,2H2,1H3. The lowest BCUT2D eigenvalue weighted by atomic mass is 10.0. The van der Waals surface area contributed by atoms with Gasteiger partial charge in [0.1, 0.15) is 11.9 Å². The van der Waals surface area contributed by atoms with Crippen LogP contribution in [0.3, 0.4) is 0 Å². The second-order valence-electron chi connectivity index (χ2n) is 4.63. The Labute approximate surface area is 130 Å².